The second-order valence-corrected chi connectivity index (χ2v) is 6.85. The maximum Gasteiger partial charge on any atom is 0.305 e. The van der Waals surface area contributed by atoms with Gasteiger partial charge >= 0.3 is 5.97 Å². The lowest BCUT2D eigenvalue weighted by molar-refractivity contribution is -0.143. The summed E-state index contributed by atoms with van der Waals surface area (Å²) in [5.41, 5.74) is 1.48. The Kier molecular flexibility index (Phi) is 8.13. The first kappa shape index (κ1) is 18.8. The van der Waals surface area contributed by atoms with E-state index in [2.05, 4.69) is 16.8 Å². The van der Waals surface area contributed by atoms with Crippen LogP contribution in [0.3, 0.4) is 0 Å². The first-order valence-electron chi connectivity index (χ1n) is 9.58. The number of fused-ring (bicyclic) bond motifs is 1. The summed E-state index contributed by atoms with van der Waals surface area (Å²) in [7, 11) is 0. The Labute approximate surface area is 145 Å². The standard InChI is InChI=1S/C19H32N2O3/c1-2-24-19(23)11-5-3-4-10-18(22)20-13-12-15-14-21-17-9-7-6-8-16(15)17/h14,16-17,21H,2-13H2,1H3,(H,20,22)/t16?,17-/m0/s1. The Morgan fingerprint density at radius 2 is 2.00 bits per heavy atom. The third-order valence-corrected chi connectivity index (χ3v) is 5.05. The summed E-state index contributed by atoms with van der Waals surface area (Å²) < 4.78 is 4.88. The van der Waals surface area contributed by atoms with Gasteiger partial charge in [0.1, 0.15) is 0 Å². The molecule has 136 valence electrons. The Hall–Kier alpha value is -1.52. The summed E-state index contributed by atoms with van der Waals surface area (Å²) >= 11 is 0. The first-order valence-corrected chi connectivity index (χ1v) is 9.58. The van der Waals surface area contributed by atoms with Gasteiger partial charge in [0.2, 0.25) is 5.91 Å². The highest BCUT2D eigenvalue weighted by Crippen LogP contribution is 2.34. The zero-order chi connectivity index (χ0) is 17.2. The van der Waals surface area contributed by atoms with E-state index in [1.807, 2.05) is 6.92 Å². The average Bonchev–Trinajstić information content (AvgIpc) is 2.98. The van der Waals surface area contributed by atoms with Crippen molar-refractivity contribution in [3.8, 4) is 0 Å². The molecule has 1 amide bonds. The van der Waals surface area contributed by atoms with Crippen LogP contribution >= 0.6 is 0 Å². The van der Waals surface area contributed by atoms with Gasteiger partial charge in [0.25, 0.3) is 0 Å². The highest BCUT2D eigenvalue weighted by Gasteiger charge is 2.31. The van der Waals surface area contributed by atoms with Crippen LogP contribution in [0, 0.1) is 5.92 Å². The molecule has 5 nitrogen and oxygen atoms in total. The van der Waals surface area contributed by atoms with Crippen molar-refractivity contribution in [3.05, 3.63) is 11.8 Å². The van der Waals surface area contributed by atoms with Crippen molar-refractivity contribution in [2.24, 2.45) is 5.92 Å². The van der Waals surface area contributed by atoms with Gasteiger partial charge in [0, 0.05) is 31.3 Å². The van der Waals surface area contributed by atoms with E-state index in [0.29, 0.717) is 31.4 Å². The molecule has 5 heteroatoms. The molecule has 0 aromatic carbocycles. The van der Waals surface area contributed by atoms with Crippen LogP contribution in [0.2, 0.25) is 0 Å². The lowest BCUT2D eigenvalue weighted by Crippen LogP contribution is -2.31. The number of nitrogens with one attached hydrogen (secondary N) is 2. The quantitative estimate of drug-likeness (QED) is 0.475. The van der Waals surface area contributed by atoms with Gasteiger partial charge < -0.3 is 15.4 Å². The molecule has 2 aliphatic rings. The molecule has 0 aromatic rings. The van der Waals surface area contributed by atoms with Crippen LogP contribution in [-0.4, -0.2) is 31.1 Å². The number of esters is 1. The molecule has 1 aliphatic carbocycles. The molecule has 24 heavy (non-hydrogen) atoms. The Morgan fingerprint density at radius 3 is 2.83 bits per heavy atom. The highest BCUT2D eigenvalue weighted by atomic mass is 16.5. The second kappa shape index (κ2) is 10.4. The molecule has 0 saturated heterocycles. The molecule has 1 aliphatic heterocycles. The molecule has 2 atom stereocenters. The SMILES string of the molecule is CCOC(=O)CCCCCC(=O)NCCC1=CN[C@H]2CCCCC12. The summed E-state index contributed by atoms with van der Waals surface area (Å²) in [4.78, 5) is 23.1. The number of amides is 1. The largest absolute Gasteiger partial charge is 0.466 e. The number of ether oxygens (including phenoxy) is 1. The van der Waals surface area contributed by atoms with Crippen LogP contribution < -0.4 is 10.6 Å². The lowest BCUT2D eigenvalue weighted by atomic mass is 9.81. The molecule has 1 saturated carbocycles. The van der Waals surface area contributed by atoms with Gasteiger partial charge in [0.15, 0.2) is 0 Å². The lowest BCUT2D eigenvalue weighted by Gasteiger charge is -2.27. The highest BCUT2D eigenvalue weighted by molar-refractivity contribution is 5.75. The average molecular weight is 336 g/mol. The third kappa shape index (κ3) is 6.17. The zero-order valence-corrected chi connectivity index (χ0v) is 14.9. The Bertz CT molecular complexity index is 448. The van der Waals surface area contributed by atoms with Gasteiger partial charge in [-0.15, -0.1) is 0 Å². The van der Waals surface area contributed by atoms with Crippen molar-refractivity contribution in [2.45, 2.75) is 77.2 Å². The van der Waals surface area contributed by atoms with E-state index in [0.717, 1.165) is 32.2 Å². The maximum atomic E-state index is 11.9. The molecular weight excluding hydrogens is 304 g/mol. The van der Waals surface area contributed by atoms with Crippen molar-refractivity contribution in [2.75, 3.05) is 13.2 Å². The normalized spacial score (nSPS) is 22.3. The van der Waals surface area contributed by atoms with Crippen LogP contribution in [0.15, 0.2) is 11.8 Å². The molecule has 2 rings (SSSR count). The van der Waals surface area contributed by atoms with Gasteiger partial charge in [-0.1, -0.05) is 19.3 Å². The molecule has 1 fully saturated rings. The molecule has 0 bridgehead atoms. The monoisotopic (exact) mass is 336 g/mol. The molecule has 0 aromatic heterocycles. The van der Waals surface area contributed by atoms with Crippen molar-refractivity contribution in [1.82, 2.24) is 10.6 Å². The molecular formula is C19H32N2O3. The third-order valence-electron chi connectivity index (χ3n) is 5.05. The Morgan fingerprint density at radius 1 is 1.21 bits per heavy atom. The van der Waals surface area contributed by atoms with E-state index < -0.39 is 0 Å². The minimum atomic E-state index is -0.138. The van der Waals surface area contributed by atoms with E-state index in [9.17, 15) is 9.59 Å². The van der Waals surface area contributed by atoms with Crippen LogP contribution in [0.25, 0.3) is 0 Å². The van der Waals surface area contributed by atoms with Crippen molar-refractivity contribution >= 4 is 11.9 Å². The Balaban J connectivity index is 1.49. The fraction of sp³-hybridized carbons (Fsp3) is 0.789. The minimum Gasteiger partial charge on any atom is -0.466 e. The molecule has 2 N–H and O–H groups in total. The summed E-state index contributed by atoms with van der Waals surface area (Å²) in [5, 5.41) is 6.53. The van der Waals surface area contributed by atoms with E-state index in [1.165, 1.54) is 31.3 Å². The fourth-order valence-electron chi connectivity index (χ4n) is 3.75. The summed E-state index contributed by atoms with van der Waals surface area (Å²) in [6.45, 7) is 2.99. The van der Waals surface area contributed by atoms with Gasteiger partial charge in [-0.25, -0.2) is 0 Å². The van der Waals surface area contributed by atoms with Gasteiger partial charge in [-0.05, 0) is 50.8 Å². The summed E-state index contributed by atoms with van der Waals surface area (Å²) in [5.74, 6) is 0.679. The topological polar surface area (TPSA) is 67.4 Å². The van der Waals surface area contributed by atoms with Crippen LogP contribution in [-0.2, 0) is 14.3 Å². The minimum absolute atomic E-state index is 0.123. The van der Waals surface area contributed by atoms with E-state index >= 15 is 0 Å². The second-order valence-electron chi connectivity index (χ2n) is 6.85. The number of carbonyl (C=O) groups is 2. The zero-order valence-electron chi connectivity index (χ0n) is 14.9. The van der Waals surface area contributed by atoms with Crippen molar-refractivity contribution in [1.29, 1.82) is 0 Å². The smallest absolute Gasteiger partial charge is 0.305 e. The van der Waals surface area contributed by atoms with Gasteiger partial charge in [0.05, 0.1) is 6.61 Å². The number of rotatable bonds is 10. The molecule has 0 spiro atoms. The van der Waals surface area contributed by atoms with Gasteiger partial charge in [-0.3, -0.25) is 9.59 Å². The van der Waals surface area contributed by atoms with E-state index in [-0.39, 0.29) is 11.9 Å². The fourth-order valence-corrected chi connectivity index (χ4v) is 3.75. The summed E-state index contributed by atoms with van der Waals surface area (Å²) in [6, 6.07) is 0.642. The predicted octanol–water partition coefficient (Wildman–Crippen LogP) is 3.05. The molecule has 1 heterocycles. The van der Waals surface area contributed by atoms with E-state index in [1.54, 1.807) is 0 Å². The first-order chi connectivity index (χ1) is 11.7. The maximum absolute atomic E-state index is 11.9. The van der Waals surface area contributed by atoms with Crippen molar-refractivity contribution in [3.63, 3.8) is 0 Å². The number of hydrogen-bond acceptors (Lipinski definition) is 4. The summed E-state index contributed by atoms with van der Waals surface area (Å²) in [6.07, 6.45) is 11.9. The molecule has 0 radical (unpaired) electrons. The number of unbranched alkanes of at least 4 members (excludes halogenated alkanes) is 2. The van der Waals surface area contributed by atoms with Crippen LogP contribution in [0.1, 0.15) is 71.1 Å². The van der Waals surface area contributed by atoms with E-state index in [4.69, 9.17) is 4.74 Å². The number of hydrogen-bond donors (Lipinski definition) is 2. The van der Waals surface area contributed by atoms with Crippen LogP contribution in [0.4, 0.5) is 0 Å². The number of carbonyl (C=O) groups excluding carboxylic acids is 2. The molecule has 1 unspecified atom stereocenters. The van der Waals surface area contributed by atoms with Crippen LogP contribution in [0.5, 0.6) is 0 Å². The predicted molar refractivity (Wildman–Crippen MR) is 94.3 cm³/mol. The van der Waals surface area contributed by atoms with Gasteiger partial charge in [-0.2, -0.15) is 0 Å². The van der Waals surface area contributed by atoms with Crippen molar-refractivity contribution < 1.29 is 14.3 Å².